The van der Waals surface area contributed by atoms with E-state index in [9.17, 15) is 9.59 Å². The fraction of sp³-hybridized carbons (Fsp3) is 0.103. The van der Waals surface area contributed by atoms with Crippen molar-refractivity contribution in [1.82, 2.24) is 15.0 Å². The van der Waals surface area contributed by atoms with Crippen molar-refractivity contribution >= 4 is 22.8 Å². The van der Waals surface area contributed by atoms with Gasteiger partial charge in [0.05, 0.1) is 18.4 Å². The van der Waals surface area contributed by atoms with E-state index in [-0.39, 0.29) is 23.5 Å². The molecule has 0 bridgehead atoms. The van der Waals surface area contributed by atoms with Crippen molar-refractivity contribution in [2.45, 2.75) is 20.1 Å². The number of hydrogen-bond acceptors (Lipinski definition) is 6. The van der Waals surface area contributed by atoms with Crippen molar-refractivity contribution in [2.75, 3.05) is 0 Å². The van der Waals surface area contributed by atoms with Gasteiger partial charge in [-0.25, -0.2) is 9.48 Å². The molecule has 0 fully saturated rings. The highest BCUT2D eigenvalue weighted by Gasteiger charge is 2.19. The molecule has 0 spiro atoms. The number of ketones is 1. The van der Waals surface area contributed by atoms with Gasteiger partial charge in [-0.15, -0.1) is 5.10 Å². The van der Waals surface area contributed by atoms with E-state index in [0.717, 1.165) is 22.4 Å². The second-order valence-electron chi connectivity index (χ2n) is 8.33. The van der Waals surface area contributed by atoms with Crippen LogP contribution in [0.25, 0.3) is 17.0 Å². The lowest BCUT2D eigenvalue weighted by atomic mass is 10.0. The molecule has 5 rings (SSSR count). The zero-order chi connectivity index (χ0) is 24.9. The van der Waals surface area contributed by atoms with Crippen molar-refractivity contribution in [2.24, 2.45) is 0 Å². The topological polar surface area (TPSA) is 87.2 Å². The molecule has 0 amide bonds. The average molecular weight is 478 g/mol. The lowest BCUT2D eigenvalue weighted by Crippen LogP contribution is -2.11. The number of aromatic nitrogens is 3. The minimum Gasteiger partial charge on any atom is -0.486 e. The third-order valence-corrected chi connectivity index (χ3v) is 5.80. The minimum atomic E-state index is -0.525. The highest BCUT2D eigenvalue weighted by Crippen LogP contribution is 2.30. The van der Waals surface area contributed by atoms with E-state index in [1.165, 1.54) is 12.1 Å². The standard InChI is InChI=1S/C29H23N3O4/c1-20-16-27(34)36-29-24(20)13-15-26(28(29)25(33)14-12-21-8-4-2-5-9-21)35-19-23-17-30-31-32(23)18-22-10-6-3-7-11-22/h2-17H,18-19H2,1H3/b14-12+. The Morgan fingerprint density at radius 3 is 2.56 bits per heavy atom. The summed E-state index contributed by atoms with van der Waals surface area (Å²) < 4.78 is 13.4. The second-order valence-corrected chi connectivity index (χ2v) is 8.33. The molecule has 0 unspecified atom stereocenters. The number of hydrogen-bond donors (Lipinski definition) is 0. The van der Waals surface area contributed by atoms with Crippen molar-refractivity contribution in [1.29, 1.82) is 0 Å². The predicted octanol–water partition coefficient (Wildman–Crippen LogP) is 5.22. The molecule has 0 aliphatic carbocycles. The Hall–Kier alpha value is -4.78. The first-order chi connectivity index (χ1) is 17.6. The largest absolute Gasteiger partial charge is 0.486 e. The van der Waals surface area contributed by atoms with Gasteiger partial charge < -0.3 is 9.15 Å². The van der Waals surface area contributed by atoms with E-state index in [4.69, 9.17) is 9.15 Å². The molecule has 36 heavy (non-hydrogen) atoms. The molecule has 2 heterocycles. The van der Waals surface area contributed by atoms with Gasteiger partial charge in [0.25, 0.3) is 0 Å². The molecule has 3 aromatic carbocycles. The molecule has 178 valence electrons. The van der Waals surface area contributed by atoms with Crippen LogP contribution in [0.3, 0.4) is 0 Å². The van der Waals surface area contributed by atoms with Crippen LogP contribution >= 0.6 is 0 Å². The molecular weight excluding hydrogens is 454 g/mol. The Morgan fingerprint density at radius 1 is 1.03 bits per heavy atom. The van der Waals surface area contributed by atoms with E-state index < -0.39 is 5.63 Å². The number of carbonyl (C=O) groups excluding carboxylic acids is 1. The van der Waals surface area contributed by atoms with Crippen LogP contribution in [0.2, 0.25) is 0 Å². The summed E-state index contributed by atoms with van der Waals surface area (Å²) in [5.41, 5.74) is 3.29. The number of allylic oxidation sites excluding steroid dienone is 1. The molecule has 0 atom stereocenters. The molecule has 5 aromatic rings. The van der Waals surface area contributed by atoms with Crippen molar-refractivity contribution in [3.63, 3.8) is 0 Å². The molecule has 0 aliphatic rings. The van der Waals surface area contributed by atoms with Gasteiger partial charge in [-0.2, -0.15) is 0 Å². The molecule has 0 N–H and O–H groups in total. The van der Waals surface area contributed by atoms with E-state index in [0.29, 0.717) is 17.7 Å². The molecule has 7 heteroatoms. The maximum Gasteiger partial charge on any atom is 0.336 e. The summed E-state index contributed by atoms with van der Waals surface area (Å²) in [7, 11) is 0. The van der Waals surface area contributed by atoms with Crippen LogP contribution in [-0.4, -0.2) is 20.8 Å². The van der Waals surface area contributed by atoms with Gasteiger partial charge in [-0.3, -0.25) is 4.79 Å². The predicted molar refractivity (Wildman–Crippen MR) is 137 cm³/mol. The average Bonchev–Trinajstić information content (AvgIpc) is 3.33. The third kappa shape index (κ3) is 5.00. The number of ether oxygens (including phenoxy) is 1. The summed E-state index contributed by atoms with van der Waals surface area (Å²) in [5, 5.41) is 8.86. The lowest BCUT2D eigenvalue weighted by Gasteiger charge is -2.13. The number of carbonyl (C=O) groups is 1. The van der Waals surface area contributed by atoms with Crippen molar-refractivity contribution in [3.05, 3.63) is 130 Å². The minimum absolute atomic E-state index is 0.129. The van der Waals surface area contributed by atoms with E-state index >= 15 is 0 Å². The van der Waals surface area contributed by atoms with Gasteiger partial charge in [0, 0.05) is 11.5 Å². The van der Waals surface area contributed by atoms with E-state index in [1.54, 1.807) is 29.1 Å². The summed E-state index contributed by atoms with van der Waals surface area (Å²) >= 11 is 0. The SMILES string of the molecule is Cc1cc(=O)oc2c(C(=O)/C=C/c3ccccc3)c(OCc3cnnn3Cc3ccccc3)ccc12. The van der Waals surface area contributed by atoms with Crippen LogP contribution in [0, 0.1) is 6.92 Å². The summed E-state index contributed by atoms with van der Waals surface area (Å²) in [6.45, 7) is 2.47. The maximum absolute atomic E-state index is 13.4. The molecule has 0 saturated carbocycles. The molecular formula is C29H23N3O4. The van der Waals surface area contributed by atoms with Crippen LogP contribution in [0.15, 0.2) is 100 Å². The van der Waals surface area contributed by atoms with Gasteiger partial charge in [-0.1, -0.05) is 72.0 Å². The Morgan fingerprint density at radius 2 is 1.78 bits per heavy atom. The summed E-state index contributed by atoms with van der Waals surface area (Å²) in [6.07, 6.45) is 4.81. The molecule has 0 aliphatic heterocycles. The Bertz CT molecular complexity index is 1600. The quantitative estimate of drug-likeness (QED) is 0.173. The first-order valence-electron chi connectivity index (χ1n) is 11.5. The van der Waals surface area contributed by atoms with Gasteiger partial charge in [0.1, 0.15) is 17.9 Å². The Labute approximate surface area is 207 Å². The summed E-state index contributed by atoms with van der Waals surface area (Å²) in [4.78, 5) is 25.6. The maximum atomic E-state index is 13.4. The number of nitrogens with zero attached hydrogens (tertiary/aromatic N) is 3. The zero-order valence-corrected chi connectivity index (χ0v) is 19.6. The Balaban J connectivity index is 1.48. The highest BCUT2D eigenvalue weighted by atomic mass is 16.5. The Kier molecular flexibility index (Phi) is 6.53. The van der Waals surface area contributed by atoms with Crippen molar-refractivity contribution in [3.8, 4) is 5.75 Å². The number of rotatable bonds is 8. The normalized spacial score (nSPS) is 11.2. The monoisotopic (exact) mass is 477 g/mol. The van der Waals surface area contributed by atoms with Gasteiger partial charge in [0.2, 0.25) is 0 Å². The van der Waals surface area contributed by atoms with E-state index in [2.05, 4.69) is 10.3 Å². The fourth-order valence-electron chi connectivity index (χ4n) is 3.97. The number of aryl methyl sites for hydroxylation is 1. The first-order valence-corrected chi connectivity index (χ1v) is 11.5. The second kappa shape index (κ2) is 10.2. The van der Waals surface area contributed by atoms with E-state index in [1.807, 2.05) is 67.6 Å². The van der Waals surface area contributed by atoms with Gasteiger partial charge in [0.15, 0.2) is 11.4 Å². The zero-order valence-electron chi connectivity index (χ0n) is 19.6. The van der Waals surface area contributed by atoms with Crippen molar-refractivity contribution < 1.29 is 13.9 Å². The van der Waals surface area contributed by atoms with Gasteiger partial charge in [-0.05, 0) is 41.8 Å². The van der Waals surface area contributed by atoms with Crippen LogP contribution < -0.4 is 10.4 Å². The third-order valence-electron chi connectivity index (χ3n) is 5.80. The highest BCUT2D eigenvalue weighted by molar-refractivity contribution is 6.15. The summed E-state index contributed by atoms with van der Waals surface area (Å²) in [6, 6.07) is 24.3. The molecule has 7 nitrogen and oxygen atoms in total. The van der Waals surface area contributed by atoms with Crippen LogP contribution in [0.4, 0.5) is 0 Å². The van der Waals surface area contributed by atoms with Gasteiger partial charge >= 0.3 is 5.63 Å². The first kappa shape index (κ1) is 23.0. The summed E-state index contributed by atoms with van der Waals surface area (Å²) in [5.74, 6) is -0.0180. The smallest absolute Gasteiger partial charge is 0.336 e. The van der Waals surface area contributed by atoms with Crippen LogP contribution in [0.5, 0.6) is 5.75 Å². The fourth-order valence-corrected chi connectivity index (χ4v) is 3.97. The lowest BCUT2D eigenvalue weighted by molar-refractivity contribution is 0.104. The van der Waals surface area contributed by atoms with Crippen LogP contribution in [0.1, 0.15) is 32.7 Å². The molecule has 2 aromatic heterocycles. The number of fused-ring (bicyclic) bond motifs is 1. The molecule has 0 saturated heterocycles. The number of benzene rings is 3. The van der Waals surface area contributed by atoms with Crippen LogP contribution in [-0.2, 0) is 13.2 Å². The molecule has 0 radical (unpaired) electrons.